The molecule has 0 fully saturated rings. The smallest absolute Gasteiger partial charge is 0.269 e. The lowest BCUT2D eigenvalue weighted by Gasteiger charge is -2.42. The zero-order valence-electron chi connectivity index (χ0n) is 13.8. The largest absolute Gasteiger partial charge is 0.485 e. The number of hydrogen-bond acceptors (Lipinski definition) is 4. The SMILES string of the molecule is [C-]#[N+]c1ccc2c(c1)[C@@H](n1sc3ccccc3c1=O)[C@H](O)C(C)(C)O2. The predicted molar refractivity (Wildman–Crippen MR) is 97.6 cm³/mol. The molecule has 126 valence electrons. The Kier molecular flexibility index (Phi) is 3.46. The first-order valence-electron chi connectivity index (χ1n) is 7.91. The van der Waals surface area contributed by atoms with E-state index in [1.54, 1.807) is 42.1 Å². The van der Waals surface area contributed by atoms with Crippen LogP contribution in [-0.4, -0.2) is 20.8 Å². The van der Waals surface area contributed by atoms with Gasteiger partial charge in [0.05, 0.1) is 16.7 Å². The van der Waals surface area contributed by atoms with Crippen molar-refractivity contribution in [1.29, 1.82) is 0 Å². The molecule has 0 unspecified atom stereocenters. The van der Waals surface area contributed by atoms with Crippen LogP contribution in [-0.2, 0) is 0 Å². The van der Waals surface area contributed by atoms with Gasteiger partial charge in [0, 0.05) is 5.56 Å². The number of rotatable bonds is 1. The van der Waals surface area contributed by atoms with Crippen LogP contribution in [0.2, 0.25) is 0 Å². The molecule has 0 saturated heterocycles. The lowest BCUT2D eigenvalue weighted by Crippen LogP contribution is -2.51. The predicted octanol–water partition coefficient (Wildman–Crippen LogP) is 3.74. The first-order valence-corrected chi connectivity index (χ1v) is 8.69. The monoisotopic (exact) mass is 352 g/mol. The van der Waals surface area contributed by atoms with Gasteiger partial charge in [0.25, 0.3) is 5.56 Å². The fraction of sp³-hybridized carbons (Fsp3) is 0.263. The normalized spacial score (nSPS) is 21.4. The van der Waals surface area contributed by atoms with E-state index in [1.807, 2.05) is 18.2 Å². The Labute approximate surface area is 148 Å². The molecule has 0 bridgehead atoms. The van der Waals surface area contributed by atoms with Crippen LogP contribution < -0.4 is 10.3 Å². The molecule has 0 amide bonds. The van der Waals surface area contributed by atoms with Crippen molar-refractivity contribution in [3.8, 4) is 5.75 Å². The molecule has 2 aromatic carbocycles. The lowest BCUT2D eigenvalue weighted by molar-refractivity contribution is -0.0622. The summed E-state index contributed by atoms with van der Waals surface area (Å²) in [5.74, 6) is 0.594. The molecule has 0 radical (unpaired) electrons. The zero-order chi connectivity index (χ0) is 17.8. The minimum Gasteiger partial charge on any atom is -0.485 e. The van der Waals surface area contributed by atoms with E-state index in [1.165, 1.54) is 11.5 Å². The summed E-state index contributed by atoms with van der Waals surface area (Å²) in [6.07, 6.45) is -0.924. The van der Waals surface area contributed by atoms with Gasteiger partial charge in [0.1, 0.15) is 23.5 Å². The Balaban J connectivity index is 2.00. The minimum absolute atomic E-state index is 0.137. The molecule has 1 N–H and O–H groups in total. The summed E-state index contributed by atoms with van der Waals surface area (Å²) in [5.41, 5.74) is 0.122. The quantitative estimate of drug-likeness (QED) is 0.679. The molecule has 3 aromatic rings. The van der Waals surface area contributed by atoms with Gasteiger partial charge >= 0.3 is 0 Å². The molecule has 2 atom stereocenters. The highest BCUT2D eigenvalue weighted by Crippen LogP contribution is 2.44. The fourth-order valence-electron chi connectivity index (χ4n) is 3.25. The zero-order valence-corrected chi connectivity index (χ0v) is 14.6. The van der Waals surface area contributed by atoms with Crippen molar-refractivity contribution >= 4 is 27.3 Å². The molecule has 4 rings (SSSR count). The van der Waals surface area contributed by atoms with Crippen LogP contribution in [0.4, 0.5) is 5.69 Å². The highest BCUT2D eigenvalue weighted by Gasteiger charge is 2.44. The topological polar surface area (TPSA) is 55.8 Å². The molecular formula is C19H16N2O3S. The Morgan fingerprint density at radius 3 is 2.76 bits per heavy atom. The number of nitrogens with zero attached hydrogens (tertiary/aromatic N) is 2. The van der Waals surface area contributed by atoms with Crippen LogP contribution >= 0.6 is 11.5 Å². The first kappa shape index (κ1) is 15.9. The van der Waals surface area contributed by atoms with E-state index in [9.17, 15) is 9.90 Å². The van der Waals surface area contributed by atoms with Crippen LogP contribution in [0.1, 0.15) is 25.5 Å². The standard InChI is InChI=1S/C19H16N2O3S/c1-19(2)17(22)16(13-10-11(20-3)8-9-14(13)24-19)21-18(23)12-6-4-5-7-15(12)25-21/h4-10,16-17,22H,1-2H3/t16-,17+/m1/s1. The number of hydrogen-bond donors (Lipinski definition) is 1. The van der Waals surface area contributed by atoms with E-state index < -0.39 is 17.7 Å². The number of aromatic nitrogens is 1. The van der Waals surface area contributed by atoms with Crippen LogP contribution in [0.5, 0.6) is 5.75 Å². The maximum atomic E-state index is 12.9. The number of aliphatic hydroxyl groups is 1. The van der Waals surface area contributed by atoms with Crippen molar-refractivity contribution in [3.63, 3.8) is 0 Å². The maximum absolute atomic E-state index is 12.9. The van der Waals surface area contributed by atoms with Gasteiger partial charge in [0.2, 0.25) is 0 Å². The highest BCUT2D eigenvalue weighted by molar-refractivity contribution is 7.13. The second kappa shape index (κ2) is 5.45. The summed E-state index contributed by atoms with van der Waals surface area (Å²) >= 11 is 1.32. The summed E-state index contributed by atoms with van der Waals surface area (Å²) < 4.78 is 8.40. The summed E-state index contributed by atoms with van der Waals surface area (Å²) in [5, 5.41) is 11.6. The third-order valence-electron chi connectivity index (χ3n) is 4.59. The average Bonchev–Trinajstić information content (AvgIpc) is 2.92. The molecule has 0 spiro atoms. The molecule has 1 aliphatic heterocycles. The summed E-state index contributed by atoms with van der Waals surface area (Å²) in [4.78, 5) is 16.4. The first-order chi connectivity index (χ1) is 11.9. The fourth-order valence-corrected chi connectivity index (χ4v) is 4.38. The van der Waals surface area contributed by atoms with Crippen molar-refractivity contribution in [2.75, 3.05) is 0 Å². The van der Waals surface area contributed by atoms with Crippen molar-refractivity contribution in [1.82, 2.24) is 3.96 Å². The molecule has 0 saturated carbocycles. The summed E-state index contributed by atoms with van der Waals surface area (Å²) in [7, 11) is 0. The Bertz CT molecular complexity index is 1070. The van der Waals surface area contributed by atoms with Gasteiger partial charge in [-0.2, -0.15) is 0 Å². The van der Waals surface area contributed by atoms with Crippen molar-refractivity contribution < 1.29 is 9.84 Å². The highest BCUT2D eigenvalue weighted by atomic mass is 32.1. The Hall–Kier alpha value is -2.62. The van der Waals surface area contributed by atoms with Crippen LogP contribution in [0, 0.1) is 6.57 Å². The Morgan fingerprint density at radius 1 is 1.28 bits per heavy atom. The average molecular weight is 352 g/mol. The summed E-state index contributed by atoms with van der Waals surface area (Å²) in [6, 6.07) is 11.9. The molecule has 25 heavy (non-hydrogen) atoms. The second-order valence-corrected chi connectivity index (χ2v) is 7.66. The van der Waals surface area contributed by atoms with Crippen LogP contribution in [0.15, 0.2) is 47.3 Å². The van der Waals surface area contributed by atoms with E-state index in [0.717, 1.165) is 4.70 Å². The van der Waals surface area contributed by atoms with E-state index in [-0.39, 0.29) is 5.56 Å². The van der Waals surface area contributed by atoms with Gasteiger partial charge < -0.3 is 9.84 Å². The number of fused-ring (bicyclic) bond motifs is 2. The molecular weight excluding hydrogens is 336 g/mol. The van der Waals surface area contributed by atoms with E-state index >= 15 is 0 Å². The van der Waals surface area contributed by atoms with Crippen molar-refractivity contribution in [2.45, 2.75) is 31.6 Å². The van der Waals surface area contributed by atoms with Gasteiger partial charge in [0.15, 0.2) is 5.69 Å². The minimum atomic E-state index is -0.924. The van der Waals surface area contributed by atoms with E-state index in [4.69, 9.17) is 11.3 Å². The molecule has 1 aliphatic rings. The number of ether oxygens (including phenoxy) is 1. The maximum Gasteiger partial charge on any atom is 0.269 e. The Morgan fingerprint density at radius 2 is 2.04 bits per heavy atom. The molecule has 1 aromatic heterocycles. The number of benzene rings is 2. The molecule has 0 aliphatic carbocycles. The van der Waals surface area contributed by atoms with Crippen LogP contribution in [0.25, 0.3) is 14.9 Å². The lowest BCUT2D eigenvalue weighted by atomic mass is 9.86. The van der Waals surface area contributed by atoms with E-state index in [2.05, 4.69) is 4.85 Å². The van der Waals surface area contributed by atoms with Gasteiger partial charge in [-0.3, -0.25) is 8.75 Å². The third-order valence-corrected chi connectivity index (χ3v) is 5.73. The van der Waals surface area contributed by atoms with Gasteiger partial charge in [-0.1, -0.05) is 29.7 Å². The molecule has 2 heterocycles. The van der Waals surface area contributed by atoms with Gasteiger partial charge in [-0.15, -0.1) is 0 Å². The summed E-state index contributed by atoms with van der Waals surface area (Å²) in [6.45, 7) is 10.8. The van der Waals surface area contributed by atoms with Crippen molar-refractivity contribution in [2.24, 2.45) is 0 Å². The van der Waals surface area contributed by atoms with E-state index in [0.29, 0.717) is 22.4 Å². The van der Waals surface area contributed by atoms with Crippen LogP contribution in [0.3, 0.4) is 0 Å². The molecule has 5 nitrogen and oxygen atoms in total. The third kappa shape index (κ3) is 2.36. The van der Waals surface area contributed by atoms with Crippen molar-refractivity contribution in [3.05, 3.63) is 69.8 Å². The molecule has 6 heteroatoms. The van der Waals surface area contributed by atoms with Gasteiger partial charge in [-0.25, -0.2) is 4.85 Å². The number of aliphatic hydroxyl groups excluding tert-OH is 1. The van der Waals surface area contributed by atoms with Gasteiger partial charge in [-0.05, 0) is 38.1 Å². The second-order valence-electron chi connectivity index (χ2n) is 6.65.